The van der Waals surface area contributed by atoms with Crippen LogP contribution in [0.5, 0.6) is 6.01 Å². The van der Waals surface area contributed by atoms with Gasteiger partial charge in [0.05, 0.1) is 20.2 Å². The minimum absolute atomic E-state index is 0.0824. The minimum Gasteiger partial charge on any atom is -0.467 e. The highest BCUT2D eigenvalue weighted by molar-refractivity contribution is 7.91. The molecular weight excluding hydrogens is 404 g/mol. The first-order valence-electron chi connectivity index (χ1n) is 8.74. The summed E-state index contributed by atoms with van der Waals surface area (Å²) in [6.07, 6.45) is 2.13. The summed E-state index contributed by atoms with van der Waals surface area (Å²) in [5.74, 6) is 0.605. The van der Waals surface area contributed by atoms with Gasteiger partial charge in [0.25, 0.3) is 0 Å². The van der Waals surface area contributed by atoms with E-state index in [0.29, 0.717) is 12.5 Å². The molecule has 3 rings (SSSR count). The molecule has 0 atom stereocenters. The number of thiophene rings is 1. The van der Waals surface area contributed by atoms with E-state index < -0.39 is 10.0 Å². The molecule has 2 N–H and O–H groups in total. The lowest BCUT2D eigenvalue weighted by Gasteiger charge is -2.16. The summed E-state index contributed by atoms with van der Waals surface area (Å²) in [6.45, 7) is 3.32. The molecule has 1 aliphatic heterocycles. The van der Waals surface area contributed by atoms with Crippen molar-refractivity contribution >= 4 is 33.2 Å². The molecule has 2 aromatic heterocycles. The van der Waals surface area contributed by atoms with Crippen LogP contribution in [0.4, 0.5) is 5.95 Å². The predicted octanol–water partition coefficient (Wildman–Crippen LogP) is 0.656. The Hall–Kier alpha value is -2.31. The standard InChI is InChI=1S/C16H22N6O4S2/c1-11(23)17-9-12-5-6-14(27-12)28(24,25)18-10-13-19-15(21-16(20-13)26-2)22-7-3-4-8-22/h5-6,18H,3-4,7-10H2,1-2H3,(H,17,23). The van der Waals surface area contributed by atoms with E-state index in [9.17, 15) is 13.2 Å². The lowest BCUT2D eigenvalue weighted by Crippen LogP contribution is -2.26. The summed E-state index contributed by atoms with van der Waals surface area (Å²) in [5.41, 5.74) is 0. The fourth-order valence-corrected chi connectivity index (χ4v) is 4.98. The second kappa shape index (κ2) is 8.80. The van der Waals surface area contributed by atoms with Crippen molar-refractivity contribution < 1.29 is 17.9 Å². The molecule has 10 nitrogen and oxygen atoms in total. The van der Waals surface area contributed by atoms with Crippen LogP contribution in [0, 0.1) is 0 Å². The van der Waals surface area contributed by atoms with E-state index >= 15 is 0 Å². The van der Waals surface area contributed by atoms with E-state index in [1.54, 1.807) is 6.07 Å². The van der Waals surface area contributed by atoms with Crippen molar-refractivity contribution in [2.45, 2.75) is 37.1 Å². The van der Waals surface area contributed by atoms with Crippen LogP contribution in [0.2, 0.25) is 0 Å². The Morgan fingerprint density at radius 2 is 1.96 bits per heavy atom. The van der Waals surface area contributed by atoms with Gasteiger partial charge in [-0.25, -0.2) is 13.1 Å². The van der Waals surface area contributed by atoms with Gasteiger partial charge in [0, 0.05) is 24.9 Å². The Bertz CT molecular complexity index is 940. The van der Waals surface area contributed by atoms with Crippen molar-refractivity contribution in [2.75, 3.05) is 25.1 Å². The van der Waals surface area contributed by atoms with Crippen molar-refractivity contribution in [3.8, 4) is 6.01 Å². The number of aromatic nitrogens is 3. The van der Waals surface area contributed by atoms with Gasteiger partial charge < -0.3 is 15.0 Å². The van der Waals surface area contributed by atoms with Gasteiger partial charge in [-0.1, -0.05) is 0 Å². The number of rotatable bonds is 8. The zero-order valence-electron chi connectivity index (χ0n) is 15.6. The summed E-state index contributed by atoms with van der Waals surface area (Å²) < 4.78 is 32.9. The van der Waals surface area contributed by atoms with Crippen LogP contribution in [0.3, 0.4) is 0 Å². The zero-order chi connectivity index (χ0) is 20.1. The first-order valence-corrected chi connectivity index (χ1v) is 11.0. The van der Waals surface area contributed by atoms with Crippen molar-refractivity contribution in [3.05, 3.63) is 22.8 Å². The fourth-order valence-electron chi connectivity index (χ4n) is 2.66. The number of carbonyl (C=O) groups is 1. The quantitative estimate of drug-likeness (QED) is 0.630. The van der Waals surface area contributed by atoms with E-state index in [2.05, 4.69) is 25.0 Å². The topological polar surface area (TPSA) is 126 Å². The van der Waals surface area contributed by atoms with Crippen molar-refractivity contribution in [1.82, 2.24) is 25.0 Å². The molecule has 0 aromatic carbocycles. The Kier molecular flexibility index (Phi) is 6.42. The number of methoxy groups -OCH3 is 1. The molecule has 1 fully saturated rings. The van der Waals surface area contributed by atoms with Gasteiger partial charge in [-0.2, -0.15) is 15.0 Å². The maximum atomic E-state index is 12.6. The molecular formula is C16H22N6O4S2. The SMILES string of the molecule is COc1nc(CNS(=O)(=O)c2ccc(CNC(C)=O)s2)nc(N2CCCC2)n1. The monoisotopic (exact) mass is 426 g/mol. The number of ether oxygens (including phenoxy) is 1. The number of sulfonamides is 1. The highest BCUT2D eigenvalue weighted by Gasteiger charge is 2.20. The van der Waals surface area contributed by atoms with Crippen molar-refractivity contribution in [1.29, 1.82) is 0 Å². The number of amides is 1. The second-order valence-corrected chi connectivity index (χ2v) is 9.35. The minimum atomic E-state index is -3.73. The molecule has 28 heavy (non-hydrogen) atoms. The van der Waals surface area contributed by atoms with Crippen molar-refractivity contribution in [2.24, 2.45) is 0 Å². The van der Waals surface area contributed by atoms with Gasteiger partial charge in [0.15, 0.2) is 5.82 Å². The van der Waals surface area contributed by atoms with Gasteiger partial charge in [-0.05, 0) is 25.0 Å². The molecule has 1 amide bonds. The smallest absolute Gasteiger partial charge is 0.321 e. The average Bonchev–Trinajstić information content (AvgIpc) is 3.36. The summed E-state index contributed by atoms with van der Waals surface area (Å²) in [7, 11) is -2.27. The number of nitrogens with one attached hydrogen (secondary N) is 2. The van der Waals surface area contributed by atoms with Crippen LogP contribution in [0.25, 0.3) is 0 Å². The molecule has 12 heteroatoms. The third-order valence-corrected chi connectivity index (χ3v) is 7.03. The van der Waals surface area contributed by atoms with Crippen LogP contribution in [-0.2, 0) is 27.9 Å². The first kappa shape index (κ1) is 20.4. The molecule has 1 saturated heterocycles. The van der Waals surface area contributed by atoms with E-state index in [4.69, 9.17) is 4.74 Å². The molecule has 0 radical (unpaired) electrons. The van der Waals surface area contributed by atoms with Crippen LogP contribution in [0.15, 0.2) is 16.3 Å². The zero-order valence-corrected chi connectivity index (χ0v) is 17.3. The molecule has 0 unspecified atom stereocenters. The van der Waals surface area contributed by atoms with Gasteiger partial charge in [0.2, 0.25) is 21.9 Å². The number of hydrogen-bond acceptors (Lipinski definition) is 9. The lowest BCUT2D eigenvalue weighted by atomic mass is 10.4. The highest BCUT2D eigenvalue weighted by atomic mass is 32.2. The maximum absolute atomic E-state index is 12.6. The van der Waals surface area contributed by atoms with E-state index in [-0.39, 0.29) is 28.5 Å². The molecule has 0 aliphatic carbocycles. The largest absolute Gasteiger partial charge is 0.467 e. The number of hydrogen-bond donors (Lipinski definition) is 2. The Morgan fingerprint density at radius 1 is 1.21 bits per heavy atom. The average molecular weight is 427 g/mol. The van der Waals surface area contributed by atoms with Crippen molar-refractivity contribution in [3.63, 3.8) is 0 Å². The van der Waals surface area contributed by atoms with Gasteiger partial charge in [-0.15, -0.1) is 11.3 Å². The molecule has 3 heterocycles. The number of carbonyl (C=O) groups excluding carboxylic acids is 1. The molecule has 1 aliphatic rings. The summed E-state index contributed by atoms with van der Waals surface area (Å²) in [4.78, 5) is 26.5. The lowest BCUT2D eigenvalue weighted by molar-refractivity contribution is -0.119. The molecule has 0 spiro atoms. The van der Waals surface area contributed by atoms with E-state index in [0.717, 1.165) is 42.1 Å². The first-order chi connectivity index (χ1) is 13.4. The fraction of sp³-hybridized carbons (Fsp3) is 0.500. The predicted molar refractivity (Wildman–Crippen MR) is 104 cm³/mol. The second-order valence-electron chi connectivity index (χ2n) is 6.19. The Balaban J connectivity index is 1.70. The summed E-state index contributed by atoms with van der Waals surface area (Å²) >= 11 is 1.10. The number of nitrogens with zero attached hydrogens (tertiary/aromatic N) is 4. The van der Waals surface area contributed by atoms with Gasteiger partial charge in [0.1, 0.15) is 4.21 Å². The third-order valence-electron chi connectivity index (χ3n) is 4.05. The Morgan fingerprint density at radius 3 is 2.64 bits per heavy atom. The van der Waals surface area contributed by atoms with E-state index in [1.165, 1.54) is 20.1 Å². The highest BCUT2D eigenvalue weighted by Crippen LogP contribution is 2.22. The van der Waals surface area contributed by atoms with E-state index in [1.807, 2.05) is 4.90 Å². The van der Waals surface area contributed by atoms with Crippen LogP contribution in [-0.4, -0.2) is 49.5 Å². The summed E-state index contributed by atoms with van der Waals surface area (Å²) in [5, 5.41) is 2.64. The van der Waals surface area contributed by atoms with Crippen LogP contribution < -0.4 is 19.7 Å². The van der Waals surface area contributed by atoms with Crippen LogP contribution in [0.1, 0.15) is 30.5 Å². The number of anilines is 1. The van der Waals surface area contributed by atoms with Crippen LogP contribution >= 0.6 is 11.3 Å². The van der Waals surface area contributed by atoms with Gasteiger partial charge in [-0.3, -0.25) is 4.79 Å². The Labute approximate surface area is 167 Å². The molecule has 2 aromatic rings. The van der Waals surface area contributed by atoms with Gasteiger partial charge >= 0.3 is 6.01 Å². The molecule has 0 bridgehead atoms. The summed E-state index contributed by atoms with van der Waals surface area (Å²) in [6, 6.07) is 3.33. The maximum Gasteiger partial charge on any atom is 0.321 e. The third kappa shape index (κ3) is 5.14. The molecule has 152 valence electrons. The molecule has 0 saturated carbocycles. The normalized spacial score (nSPS) is 14.3.